The summed E-state index contributed by atoms with van der Waals surface area (Å²) >= 11 is 2.76. The molecule has 2 aromatic carbocycles. The first-order valence-electron chi connectivity index (χ1n) is 10.8. The number of nitrogens with one attached hydrogen (secondary N) is 1. The fourth-order valence-electron chi connectivity index (χ4n) is 4.12. The summed E-state index contributed by atoms with van der Waals surface area (Å²) in [7, 11) is 1.29. The van der Waals surface area contributed by atoms with Gasteiger partial charge in [0.1, 0.15) is 4.83 Å². The van der Waals surface area contributed by atoms with Crippen molar-refractivity contribution in [3.05, 3.63) is 81.0 Å². The van der Waals surface area contributed by atoms with Crippen molar-refractivity contribution < 1.29 is 14.3 Å². The van der Waals surface area contributed by atoms with E-state index in [0.717, 1.165) is 29.7 Å². The van der Waals surface area contributed by atoms with E-state index >= 15 is 0 Å². The second kappa shape index (κ2) is 9.44. The molecular weight excluding hydrogens is 470 g/mol. The van der Waals surface area contributed by atoms with Gasteiger partial charge in [-0.1, -0.05) is 42.1 Å². The quantitative estimate of drug-likeness (QED) is 0.243. The van der Waals surface area contributed by atoms with Gasteiger partial charge in [-0.25, -0.2) is 9.78 Å². The first kappa shape index (κ1) is 22.4. The number of anilines is 1. The lowest BCUT2D eigenvalue weighted by Gasteiger charge is -2.13. The average molecular weight is 492 g/mol. The third-order valence-corrected chi connectivity index (χ3v) is 7.79. The van der Waals surface area contributed by atoms with Crippen LogP contribution in [0.2, 0.25) is 0 Å². The lowest BCUT2D eigenvalue weighted by Crippen LogP contribution is -2.23. The number of nitrogens with zero attached hydrogens (tertiary/aromatic N) is 2. The molecule has 0 atom stereocenters. The fraction of sp³-hybridized carbons (Fsp3) is 0.200. The minimum atomic E-state index is -0.528. The maximum Gasteiger partial charge on any atom is 0.339 e. The number of fused-ring (bicyclic) bond motifs is 3. The highest BCUT2D eigenvalue weighted by molar-refractivity contribution is 7.99. The number of hydrogen-bond donors (Lipinski definition) is 1. The molecule has 172 valence electrons. The number of amides is 1. The van der Waals surface area contributed by atoms with E-state index in [-0.39, 0.29) is 22.8 Å². The van der Waals surface area contributed by atoms with Crippen LogP contribution in [0.25, 0.3) is 15.9 Å². The van der Waals surface area contributed by atoms with E-state index in [0.29, 0.717) is 21.9 Å². The summed E-state index contributed by atoms with van der Waals surface area (Å²) in [6, 6.07) is 16.0. The summed E-state index contributed by atoms with van der Waals surface area (Å²) in [5, 5.41) is 3.92. The van der Waals surface area contributed by atoms with Gasteiger partial charge >= 0.3 is 5.97 Å². The molecular formula is C25H21N3O4S2. The molecule has 0 fully saturated rings. The average Bonchev–Trinajstić information content (AvgIpc) is 3.44. The van der Waals surface area contributed by atoms with Gasteiger partial charge in [-0.15, -0.1) is 11.3 Å². The van der Waals surface area contributed by atoms with Crippen LogP contribution in [0.3, 0.4) is 0 Å². The molecule has 9 heteroatoms. The van der Waals surface area contributed by atoms with Crippen molar-refractivity contribution in [1.29, 1.82) is 0 Å². The summed E-state index contributed by atoms with van der Waals surface area (Å²) < 4.78 is 6.38. The van der Waals surface area contributed by atoms with E-state index in [1.807, 2.05) is 30.3 Å². The fourth-order valence-corrected chi connectivity index (χ4v) is 6.24. The number of benzene rings is 2. The Morgan fingerprint density at radius 2 is 1.88 bits per heavy atom. The van der Waals surface area contributed by atoms with E-state index in [4.69, 9.17) is 9.72 Å². The lowest BCUT2D eigenvalue weighted by atomic mass is 10.2. The van der Waals surface area contributed by atoms with E-state index in [2.05, 4.69) is 5.32 Å². The second-order valence-electron chi connectivity index (χ2n) is 7.78. The zero-order valence-corrected chi connectivity index (χ0v) is 20.0. The van der Waals surface area contributed by atoms with Crippen LogP contribution in [0.15, 0.2) is 64.5 Å². The number of hydrogen-bond acceptors (Lipinski definition) is 7. The Kier molecular flexibility index (Phi) is 6.21. The first-order chi connectivity index (χ1) is 16.6. The Morgan fingerprint density at radius 1 is 1.12 bits per heavy atom. The van der Waals surface area contributed by atoms with Gasteiger partial charge in [0, 0.05) is 4.88 Å². The molecule has 2 heterocycles. The molecule has 34 heavy (non-hydrogen) atoms. The predicted octanol–water partition coefficient (Wildman–Crippen LogP) is 4.45. The van der Waals surface area contributed by atoms with Crippen LogP contribution in [-0.4, -0.2) is 34.3 Å². The standard InChI is InChI=1S/C25H21N3O4S2/c1-32-24(31)16-10-5-6-12-18(16)26-20(29)14-33-25-27-22-21(17-11-7-13-19(17)34-22)23(30)28(25)15-8-3-2-4-9-15/h2-6,8-10,12H,7,11,13-14H2,1H3,(H,26,29). The van der Waals surface area contributed by atoms with E-state index < -0.39 is 5.97 Å². The molecule has 1 aliphatic rings. The maximum atomic E-state index is 13.6. The number of para-hydroxylation sites is 2. The number of aryl methyl sites for hydroxylation is 2. The number of carbonyl (C=O) groups excluding carboxylic acids is 2. The van der Waals surface area contributed by atoms with Crippen LogP contribution in [0.5, 0.6) is 0 Å². The molecule has 1 amide bonds. The van der Waals surface area contributed by atoms with Gasteiger partial charge in [-0.05, 0) is 49.1 Å². The van der Waals surface area contributed by atoms with Gasteiger partial charge in [-0.2, -0.15) is 0 Å². The molecule has 2 aromatic heterocycles. The highest BCUT2D eigenvalue weighted by Crippen LogP contribution is 2.36. The van der Waals surface area contributed by atoms with E-state index in [9.17, 15) is 14.4 Å². The molecule has 7 nitrogen and oxygen atoms in total. The molecule has 0 radical (unpaired) electrons. The molecule has 0 saturated heterocycles. The first-order valence-corrected chi connectivity index (χ1v) is 12.6. The summed E-state index contributed by atoms with van der Waals surface area (Å²) in [6.07, 6.45) is 2.94. The highest BCUT2D eigenvalue weighted by Gasteiger charge is 2.24. The summed E-state index contributed by atoms with van der Waals surface area (Å²) in [4.78, 5) is 45.1. The Labute approximate surface area is 203 Å². The van der Waals surface area contributed by atoms with Crippen molar-refractivity contribution in [3.63, 3.8) is 0 Å². The van der Waals surface area contributed by atoms with Crippen molar-refractivity contribution in [2.75, 3.05) is 18.2 Å². The van der Waals surface area contributed by atoms with Gasteiger partial charge < -0.3 is 10.1 Å². The lowest BCUT2D eigenvalue weighted by molar-refractivity contribution is -0.113. The number of ether oxygens (including phenoxy) is 1. The number of thiophene rings is 1. The van der Waals surface area contributed by atoms with Gasteiger partial charge in [0.05, 0.1) is 35.2 Å². The van der Waals surface area contributed by atoms with E-state index in [1.54, 1.807) is 40.2 Å². The Bertz CT molecular complexity index is 1460. The molecule has 0 spiro atoms. The Balaban J connectivity index is 1.47. The van der Waals surface area contributed by atoms with Gasteiger partial charge in [0.25, 0.3) is 5.56 Å². The van der Waals surface area contributed by atoms with Gasteiger partial charge in [0.2, 0.25) is 5.91 Å². The molecule has 0 bridgehead atoms. The molecule has 0 saturated carbocycles. The largest absolute Gasteiger partial charge is 0.465 e. The SMILES string of the molecule is COC(=O)c1ccccc1NC(=O)CSc1nc2sc3c(c2c(=O)n1-c1ccccc1)CCC3. The number of methoxy groups -OCH3 is 1. The van der Waals surface area contributed by atoms with Gasteiger partial charge in [0.15, 0.2) is 5.16 Å². The highest BCUT2D eigenvalue weighted by atomic mass is 32.2. The maximum absolute atomic E-state index is 13.6. The zero-order chi connectivity index (χ0) is 23.7. The molecule has 5 rings (SSSR count). The molecule has 0 aliphatic heterocycles. The molecule has 0 unspecified atom stereocenters. The zero-order valence-electron chi connectivity index (χ0n) is 18.4. The third-order valence-electron chi connectivity index (χ3n) is 5.66. The second-order valence-corrected chi connectivity index (χ2v) is 9.81. The Hall–Kier alpha value is -3.43. The minimum absolute atomic E-state index is 0.0192. The number of rotatable bonds is 6. The number of aromatic nitrogens is 2. The van der Waals surface area contributed by atoms with Crippen LogP contribution in [0.1, 0.15) is 27.2 Å². The van der Waals surface area contributed by atoms with Gasteiger partial charge in [-0.3, -0.25) is 14.2 Å². The monoisotopic (exact) mass is 491 g/mol. The van der Waals surface area contributed by atoms with Crippen molar-refractivity contribution in [2.45, 2.75) is 24.4 Å². The van der Waals surface area contributed by atoms with Crippen LogP contribution < -0.4 is 10.9 Å². The molecule has 1 N–H and O–H groups in total. The van der Waals surface area contributed by atoms with Crippen LogP contribution in [0.4, 0.5) is 5.69 Å². The molecule has 4 aromatic rings. The number of carbonyl (C=O) groups is 2. The summed E-state index contributed by atoms with van der Waals surface area (Å²) in [5.41, 5.74) is 2.37. The van der Waals surface area contributed by atoms with Crippen molar-refractivity contribution in [3.8, 4) is 5.69 Å². The van der Waals surface area contributed by atoms with Crippen molar-refractivity contribution >= 4 is 50.9 Å². The van der Waals surface area contributed by atoms with Crippen LogP contribution >= 0.6 is 23.1 Å². The third kappa shape index (κ3) is 4.12. The predicted molar refractivity (Wildman–Crippen MR) is 134 cm³/mol. The molecule has 1 aliphatic carbocycles. The number of thioether (sulfide) groups is 1. The van der Waals surface area contributed by atoms with Crippen LogP contribution in [-0.2, 0) is 22.4 Å². The van der Waals surface area contributed by atoms with E-state index in [1.165, 1.54) is 23.7 Å². The smallest absolute Gasteiger partial charge is 0.339 e. The number of esters is 1. The topological polar surface area (TPSA) is 90.3 Å². The van der Waals surface area contributed by atoms with Crippen molar-refractivity contribution in [1.82, 2.24) is 9.55 Å². The Morgan fingerprint density at radius 3 is 2.68 bits per heavy atom. The summed E-state index contributed by atoms with van der Waals surface area (Å²) in [5.74, 6) is -0.825. The normalized spacial score (nSPS) is 12.5. The summed E-state index contributed by atoms with van der Waals surface area (Å²) in [6.45, 7) is 0. The van der Waals surface area contributed by atoms with Crippen molar-refractivity contribution in [2.24, 2.45) is 0 Å². The van der Waals surface area contributed by atoms with Crippen LogP contribution in [0, 0.1) is 0 Å². The minimum Gasteiger partial charge on any atom is -0.465 e.